The van der Waals surface area contributed by atoms with Gasteiger partial charge in [-0.3, -0.25) is 0 Å². The van der Waals surface area contributed by atoms with Crippen molar-refractivity contribution in [2.45, 2.75) is 6.61 Å². The second-order valence-corrected chi connectivity index (χ2v) is 5.19. The van der Waals surface area contributed by atoms with Crippen LogP contribution < -0.4 is 16.4 Å². The molecule has 2 aromatic rings. The molecule has 0 saturated carbocycles. The molecule has 24 heavy (non-hydrogen) atoms. The Morgan fingerprint density at radius 2 is 1.83 bits per heavy atom. The second-order valence-electron chi connectivity index (χ2n) is 4.75. The summed E-state index contributed by atoms with van der Waals surface area (Å²) in [5.74, 6) is 5.81. The van der Waals surface area contributed by atoms with Crippen molar-refractivity contribution < 1.29 is 9.53 Å². The summed E-state index contributed by atoms with van der Waals surface area (Å²) >= 11 is 4.82. The number of rotatable bonds is 4. The number of nitrogens with two attached hydrogens (primary N) is 1. The first-order valence-electron chi connectivity index (χ1n) is 7.24. The summed E-state index contributed by atoms with van der Waals surface area (Å²) in [7, 11) is 0. The van der Waals surface area contributed by atoms with Gasteiger partial charge in [0.1, 0.15) is 6.61 Å². The number of hydrogen-bond acceptors (Lipinski definition) is 3. The third-order valence-corrected chi connectivity index (χ3v) is 3.04. The number of nitrogens with one attached hydrogen (secondary N) is 2. The van der Waals surface area contributed by atoms with E-state index in [1.807, 2.05) is 54.6 Å². The van der Waals surface area contributed by atoms with Crippen molar-refractivity contribution in [1.29, 1.82) is 0 Å². The van der Waals surface area contributed by atoms with Crippen LogP contribution >= 0.6 is 12.2 Å². The summed E-state index contributed by atoms with van der Waals surface area (Å²) in [5.41, 5.74) is 7.86. The predicted molar refractivity (Wildman–Crippen MR) is 98.4 cm³/mol. The maximum absolute atomic E-state index is 11.6. The summed E-state index contributed by atoms with van der Waals surface area (Å²) in [6, 6.07) is 16.8. The minimum Gasteiger partial charge on any atom is -0.445 e. The van der Waals surface area contributed by atoms with Crippen LogP contribution in [0.1, 0.15) is 11.1 Å². The van der Waals surface area contributed by atoms with E-state index in [2.05, 4.69) is 22.5 Å². The van der Waals surface area contributed by atoms with Crippen LogP contribution in [0.25, 0.3) is 0 Å². The maximum Gasteiger partial charge on any atom is 0.408 e. The van der Waals surface area contributed by atoms with E-state index in [0.717, 1.165) is 16.8 Å². The van der Waals surface area contributed by atoms with Crippen molar-refractivity contribution in [3.8, 4) is 11.8 Å². The van der Waals surface area contributed by atoms with E-state index in [9.17, 15) is 4.79 Å². The quantitative estimate of drug-likeness (QED) is 0.590. The summed E-state index contributed by atoms with van der Waals surface area (Å²) in [6.07, 6.45) is -0.511. The molecule has 2 aromatic carbocycles. The molecule has 0 aromatic heterocycles. The molecular weight excluding hydrogens is 322 g/mol. The van der Waals surface area contributed by atoms with Crippen LogP contribution in [-0.2, 0) is 11.3 Å². The number of amides is 1. The number of carbonyl (C=O) groups excluding carboxylic acids is 1. The van der Waals surface area contributed by atoms with Gasteiger partial charge in [0.25, 0.3) is 0 Å². The highest BCUT2D eigenvalue weighted by atomic mass is 32.1. The first kappa shape index (κ1) is 17.3. The van der Waals surface area contributed by atoms with Gasteiger partial charge in [0, 0.05) is 5.56 Å². The van der Waals surface area contributed by atoms with Gasteiger partial charge in [0.2, 0.25) is 0 Å². The topological polar surface area (TPSA) is 76.4 Å². The highest BCUT2D eigenvalue weighted by Gasteiger charge is 2.01. The third kappa shape index (κ3) is 5.99. The second kappa shape index (κ2) is 9.18. The minimum absolute atomic E-state index is 0.173. The third-order valence-electron chi connectivity index (χ3n) is 2.94. The van der Waals surface area contributed by atoms with Crippen molar-refractivity contribution in [1.82, 2.24) is 5.32 Å². The normalized spacial score (nSPS) is 9.33. The van der Waals surface area contributed by atoms with Crippen LogP contribution in [-0.4, -0.2) is 17.8 Å². The number of ether oxygens (including phenoxy) is 1. The lowest BCUT2D eigenvalue weighted by Gasteiger charge is -2.06. The Balaban J connectivity index is 1.81. The number of benzene rings is 2. The smallest absolute Gasteiger partial charge is 0.408 e. The molecule has 0 radical (unpaired) electrons. The van der Waals surface area contributed by atoms with E-state index in [1.54, 1.807) is 0 Å². The highest BCUT2D eigenvalue weighted by molar-refractivity contribution is 7.80. The van der Waals surface area contributed by atoms with Crippen LogP contribution in [0.15, 0.2) is 54.6 Å². The molecule has 5 nitrogen and oxygen atoms in total. The molecule has 0 aliphatic heterocycles. The van der Waals surface area contributed by atoms with Crippen molar-refractivity contribution in [2.24, 2.45) is 5.73 Å². The van der Waals surface area contributed by atoms with E-state index >= 15 is 0 Å². The average molecular weight is 339 g/mol. The maximum atomic E-state index is 11.6. The van der Waals surface area contributed by atoms with Crippen molar-refractivity contribution in [2.75, 3.05) is 11.9 Å². The monoisotopic (exact) mass is 339 g/mol. The number of alkyl carbamates (subject to hydrolysis) is 1. The molecule has 0 bridgehead atoms. The Morgan fingerprint density at radius 1 is 1.12 bits per heavy atom. The van der Waals surface area contributed by atoms with Gasteiger partial charge in [0.15, 0.2) is 5.11 Å². The van der Waals surface area contributed by atoms with Crippen LogP contribution in [0, 0.1) is 11.8 Å². The molecule has 4 N–H and O–H groups in total. The first-order valence-corrected chi connectivity index (χ1v) is 7.65. The van der Waals surface area contributed by atoms with Crippen molar-refractivity contribution in [3.05, 3.63) is 65.7 Å². The zero-order chi connectivity index (χ0) is 17.2. The molecule has 1 amide bonds. The molecule has 0 heterocycles. The Bertz CT molecular complexity index is 767. The van der Waals surface area contributed by atoms with Crippen LogP contribution in [0.5, 0.6) is 0 Å². The zero-order valence-corrected chi connectivity index (χ0v) is 13.7. The summed E-state index contributed by atoms with van der Waals surface area (Å²) in [4.78, 5) is 11.6. The van der Waals surface area contributed by atoms with Gasteiger partial charge in [-0.2, -0.15) is 0 Å². The molecular formula is C18H17N3O2S. The molecule has 0 fully saturated rings. The lowest BCUT2D eigenvalue weighted by molar-refractivity contribution is 0.141. The molecule has 0 unspecified atom stereocenters. The zero-order valence-electron chi connectivity index (χ0n) is 12.9. The van der Waals surface area contributed by atoms with Crippen molar-refractivity contribution >= 4 is 29.1 Å². The van der Waals surface area contributed by atoms with E-state index in [-0.39, 0.29) is 18.3 Å². The van der Waals surface area contributed by atoms with Crippen LogP contribution in [0.4, 0.5) is 10.5 Å². The molecule has 0 atom stereocenters. The Hall–Kier alpha value is -3.04. The predicted octanol–water partition coefficient (Wildman–Crippen LogP) is 2.62. The van der Waals surface area contributed by atoms with Gasteiger partial charge in [0.05, 0.1) is 12.2 Å². The van der Waals surface area contributed by atoms with Gasteiger partial charge in [-0.05, 0) is 29.9 Å². The number of carbonyl (C=O) groups is 1. The summed E-state index contributed by atoms with van der Waals surface area (Å²) < 4.78 is 5.09. The van der Waals surface area contributed by atoms with E-state index < -0.39 is 6.09 Å². The number of thiocarbonyl (C=S) groups is 1. The highest BCUT2D eigenvalue weighted by Crippen LogP contribution is 2.12. The van der Waals surface area contributed by atoms with E-state index in [4.69, 9.17) is 22.7 Å². The number of hydrogen-bond donors (Lipinski definition) is 3. The first-order chi connectivity index (χ1) is 11.6. The van der Waals surface area contributed by atoms with Gasteiger partial charge in [-0.15, -0.1) is 0 Å². The molecule has 0 aliphatic carbocycles. The Kier molecular flexibility index (Phi) is 6.62. The summed E-state index contributed by atoms with van der Waals surface area (Å²) in [5, 5.41) is 5.61. The van der Waals surface area contributed by atoms with Gasteiger partial charge in [-0.1, -0.05) is 54.3 Å². The standard InChI is InChI=1S/C18H17N3O2S/c19-17(24)21-16-11-5-4-9-15(16)10-6-12-20-18(22)23-13-14-7-2-1-3-8-14/h1-5,7-9,11H,12-13H2,(H,20,22)(H3,19,21,24). The molecule has 0 spiro atoms. The fourth-order valence-corrected chi connectivity index (χ4v) is 1.97. The van der Waals surface area contributed by atoms with Gasteiger partial charge >= 0.3 is 6.09 Å². The fraction of sp³-hybridized carbons (Fsp3) is 0.111. The number of para-hydroxylation sites is 1. The average Bonchev–Trinajstić information content (AvgIpc) is 2.58. The molecule has 0 aliphatic rings. The largest absolute Gasteiger partial charge is 0.445 e. The molecule has 6 heteroatoms. The van der Waals surface area contributed by atoms with Crippen molar-refractivity contribution in [3.63, 3.8) is 0 Å². The van der Waals surface area contributed by atoms with Gasteiger partial charge in [-0.25, -0.2) is 4.79 Å². The molecule has 2 rings (SSSR count). The van der Waals surface area contributed by atoms with Gasteiger partial charge < -0.3 is 21.1 Å². The SMILES string of the molecule is NC(=S)Nc1ccccc1C#CCNC(=O)OCc1ccccc1. The Labute approximate surface area is 146 Å². The molecule has 122 valence electrons. The van der Waals surface area contributed by atoms with E-state index in [1.165, 1.54) is 0 Å². The lowest BCUT2D eigenvalue weighted by atomic mass is 10.2. The van der Waals surface area contributed by atoms with E-state index in [0.29, 0.717) is 0 Å². The molecule has 0 saturated heterocycles. The van der Waals surface area contributed by atoms with Crippen LogP contribution in [0.2, 0.25) is 0 Å². The number of anilines is 1. The van der Waals surface area contributed by atoms with Crippen LogP contribution in [0.3, 0.4) is 0 Å². The summed E-state index contributed by atoms with van der Waals surface area (Å²) in [6.45, 7) is 0.399. The fourth-order valence-electron chi connectivity index (χ4n) is 1.86. The lowest BCUT2D eigenvalue weighted by Crippen LogP contribution is -2.24. The Morgan fingerprint density at radius 3 is 2.58 bits per heavy atom. The minimum atomic E-state index is -0.511.